The molecule has 1 aromatic carbocycles. The molecule has 0 saturated heterocycles. The lowest BCUT2D eigenvalue weighted by Gasteiger charge is -2.10. The van der Waals surface area contributed by atoms with Crippen LogP contribution in [0.2, 0.25) is 0 Å². The maximum Gasteiger partial charge on any atom is 0.319 e. The van der Waals surface area contributed by atoms with Gasteiger partial charge in [-0.15, -0.1) is 0 Å². The summed E-state index contributed by atoms with van der Waals surface area (Å²) in [5, 5.41) is 5.52. The normalized spacial score (nSPS) is 10.8. The number of ether oxygens (including phenoxy) is 3. The number of nitrogens with one attached hydrogen (secondary N) is 2. The van der Waals surface area contributed by atoms with Crippen LogP contribution < -0.4 is 10.6 Å². The molecule has 6 nitrogen and oxygen atoms in total. The van der Waals surface area contributed by atoms with Crippen LogP contribution in [0.3, 0.4) is 0 Å². The third kappa shape index (κ3) is 9.89. The third-order valence-electron chi connectivity index (χ3n) is 2.87. The van der Waals surface area contributed by atoms with Gasteiger partial charge in [-0.05, 0) is 38.5 Å². The summed E-state index contributed by atoms with van der Waals surface area (Å²) in [6, 6.07) is 7.34. The van der Waals surface area contributed by atoms with Crippen molar-refractivity contribution in [2.45, 2.75) is 33.5 Å². The Morgan fingerprint density at radius 2 is 2.00 bits per heavy atom. The fraction of sp³-hybridized carbons (Fsp3) is 0.588. The van der Waals surface area contributed by atoms with Crippen LogP contribution in [0.15, 0.2) is 24.3 Å². The highest BCUT2D eigenvalue weighted by atomic mass is 16.5. The van der Waals surface area contributed by atoms with Crippen molar-refractivity contribution in [1.29, 1.82) is 0 Å². The molecule has 0 aliphatic carbocycles. The number of urea groups is 1. The molecule has 0 heterocycles. The number of carbonyl (C=O) groups excluding carboxylic acids is 1. The Kier molecular flexibility index (Phi) is 10.0. The summed E-state index contributed by atoms with van der Waals surface area (Å²) in [6.45, 7) is 9.17. The molecule has 0 fully saturated rings. The molecule has 2 amide bonds. The monoisotopic (exact) mass is 324 g/mol. The van der Waals surface area contributed by atoms with Crippen molar-refractivity contribution < 1.29 is 19.0 Å². The summed E-state index contributed by atoms with van der Waals surface area (Å²) in [5.41, 5.74) is 1.74. The minimum atomic E-state index is -0.242. The SMILES string of the molecule is CCOCCNC(=O)Nc1cccc(COCCOC(C)C)c1. The average Bonchev–Trinajstić information content (AvgIpc) is 2.51. The molecule has 0 aliphatic rings. The van der Waals surface area contributed by atoms with E-state index in [2.05, 4.69) is 10.6 Å². The summed E-state index contributed by atoms with van der Waals surface area (Å²) in [5.74, 6) is 0. The Labute approximate surface area is 138 Å². The number of hydrogen-bond donors (Lipinski definition) is 2. The summed E-state index contributed by atoms with van der Waals surface area (Å²) in [6.07, 6.45) is 0.215. The lowest BCUT2D eigenvalue weighted by atomic mass is 10.2. The van der Waals surface area contributed by atoms with Crippen LogP contribution in [0.5, 0.6) is 0 Å². The lowest BCUT2D eigenvalue weighted by molar-refractivity contribution is 0.0143. The first-order valence-corrected chi connectivity index (χ1v) is 8.02. The van der Waals surface area contributed by atoms with Gasteiger partial charge in [-0.1, -0.05) is 12.1 Å². The quantitative estimate of drug-likeness (QED) is 0.614. The highest BCUT2D eigenvalue weighted by Gasteiger charge is 2.02. The van der Waals surface area contributed by atoms with Crippen molar-refractivity contribution in [2.75, 3.05) is 38.3 Å². The number of benzene rings is 1. The Hall–Kier alpha value is -1.63. The number of anilines is 1. The first kappa shape index (κ1) is 19.4. The largest absolute Gasteiger partial charge is 0.380 e. The van der Waals surface area contributed by atoms with E-state index in [0.717, 1.165) is 11.3 Å². The standard InChI is InChI=1S/C17H28N2O4/c1-4-21-9-8-18-17(20)19-16-7-5-6-15(12-16)13-22-10-11-23-14(2)3/h5-7,12,14H,4,8-11,13H2,1-3H3,(H2,18,19,20). The molecule has 0 saturated carbocycles. The molecule has 0 atom stereocenters. The van der Waals surface area contributed by atoms with E-state index in [9.17, 15) is 4.79 Å². The molecule has 1 rings (SSSR count). The Morgan fingerprint density at radius 3 is 2.74 bits per heavy atom. The van der Waals surface area contributed by atoms with E-state index in [1.54, 1.807) is 0 Å². The highest BCUT2D eigenvalue weighted by Crippen LogP contribution is 2.11. The van der Waals surface area contributed by atoms with Gasteiger partial charge in [-0.25, -0.2) is 4.79 Å². The van der Waals surface area contributed by atoms with Gasteiger partial charge in [0.15, 0.2) is 0 Å². The molecule has 0 aliphatic heterocycles. The van der Waals surface area contributed by atoms with Gasteiger partial charge >= 0.3 is 6.03 Å². The van der Waals surface area contributed by atoms with Gasteiger partial charge in [0.05, 0.1) is 32.5 Å². The summed E-state index contributed by atoms with van der Waals surface area (Å²) < 4.78 is 16.1. The van der Waals surface area contributed by atoms with Gasteiger partial charge in [-0.2, -0.15) is 0 Å². The fourth-order valence-corrected chi connectivity index (χ4v) is 1.83. The van der Waals surface area contributed by atoms with Gasteiger partial charge in [-0.3, -0.25) is 0 Å². The second kappa shape index (κ2) is 11.9. The zero-order chi connectivity index (χ0) is 16.9. The number of rotatable bonds is 11. The van der Waals surface area contributed by atoms with E-state index in [-0.39, 0.29) is 12.1 Å². The number of hydrogen-bond acceptors (Lipinski definition) is 4. The molecule has 1 aromatic rings. The van der Waals surface area contributed by atoms with Crippen LogP contribution in [0.25, 0.3) is 0 Å². The summed E-state index contributed by atoms with van der Waals surface area (Å²) in [7, 11) is 0. The average molecular weight is 324 g/mol. The van der Waals surface area contributed by atoms with Crippen LogP contribution in [-0.2, 0) is 20.8 Å². The zero-order valence-corrected chi connectivity index (χ0v) is 14.3. The van der Waals surface area contributed by atoms with Crippen molar-refractivity contribution in [3.05, 3.63) is 29.8 Å². The second-order valence-electron chi connectivity index (χ2n) is 5.25. The van der Waals surface area contributed by atoms with Crippen LogP contribution >= 0.6 is 0 Å². The molecule has 2 N–H and O–H groups in total. The van der Waals surface area contributed by atoms with Crippen molar-refractivity contribution in [2.24, 2.45) is 0 Å². The predicted octanol–water partition coefficient (Wildman–Crippen LogP) is 2.79. The summed E-state index contributed by atoms with van der Waals surface area (Å²) in [4.78, 5) is 11.7. The van der Waals surface area contributed by atoms with Crippen molar-refractivity contribution in [3.8, 4) is 0 Å². The van der Waals surface area contributed by atoms with Gasteiger partial charge < -0.3 is 24.8 Å². The Morgan fingerprint density at radius 1 is 1.17 bits per heavy atom. The first-order chi connectivity index (χ1) is 11.1. The first-order valence-electron chi connectivity index (χ1n) is 8.02. The van der Waals surface area contributed by atoms with Crippen molar-refractivity contribution >= 4 is 11.7 Å². The molecule has 0 spiro atoms. The van der Waals surface area contributed by atoms with Gasteiger partial charge in [0.2, 0.25) is 0 Å². The molecule has 23 heavy (non-hydrogen) atoms. The minimum Gasteiger partial charge on any atom is -0.380 e. The van der Waals surface area contributed by atoms with Gasteiger partial charge in [0.25, 0.3) is 0 Å². The van der Waals surface area contributed by atoms with Gasteiger partial charge in [0, 0.05) is 18.8 Å². The number of carbonyl (C=O) groups is 1. The maximum absolute atomic E-state index is 11.7. The van der Waals surface area contributed by atoms with E-state index in [4.69, 9.17) is 14.2 Å². The minimum absolute atomic E-state index is 0.215. The van der Waals surface area contributed by atoms with E-state index in [1.807, 2.05) is 45.0 Å². The third-order valence-corrected chi connectivity index (χ3v) is 2.87. The smallest absolute Gasteiger partial charge is 0.319 e. The van der Waals surface area contributed by atoms with E-state index in [0.29, 0.717) is 39.6 Å². The van der Waals surface area contributed by atoms with Crippen molar-refractivity contribution in [1.82, 2.24) is 5.32 Å². The Bertz CT molecular complexity index is 452. The molecule has 0 radical (unpaired) electrons. The zero-order valence-electron chi connectivity index (χ0n) is 14.3. The maximum atomic E-state index is 11.7. The highest BCUT2D eigenvalue weighted by molar-refractivity contribution is 5.89. The molecule has 0 unspecified atom stereocenters. The molecule has 0 bridgehead atoms. The molecular formula is C17H28N2O4. The van der Waals surface area contributed by atoms with Crippen LogP contribution in [-0.4, -0.2) is 45.1 Å². The van der Waals surface area contributed by atoms with E-state index >= 15 is 0 Å². The molecule has 130 valence electrons. The molecule has 0 aromatic heterocycles. The van der Waals surface area contributed by atoms with Crippen LogP contribution in [0.1, 0.15) is 26.3 Å². The Balaban J connectivity index is 2.28. The van der Waals surface area contributed by atoms with Gasteiger partial charge in [0.1, 0.15) is 0 Å². The van der Waals surface area contributed by atoms with Crippen LogP contribution in [0.4, 0.5) is 10.5 Å². The molecule has 6 heteroatoms. The summed E-state index contributed by atoms with van der Waals surface area (Å²) >= 11 is 0. The second-order valence-corrected chi connectivity index (χ2v) is 5.25. The topological polar surface area (TPSA) is 68.8 Å². The fourth-order valence-electron chi connectivity index (χ4n) is 1.83. The molecular weight excluding hydrogens is 296 g/mol. The van der Waals surface area contributed by atoms with E-state index in [1.165, 1.54) is 0 Å². The van der Waals surface area contributed by atoms with Crippen molar-refractivity contribution in [3.63, 3.8) is 0 Å². The van der Waals surface area contributed by atoms with E-state index < -0.39 is 0 Å². The number of amides is 2. The lowest BCUT2D eigenvalue weighted by Crippen LogP contribution is -2.31. The predicted molar refractivity (Wildman–Crippen MR) is 90.7 cm³/mol. The van der Waals surface area contributed by atoms with Crippen LogP contribution in [0, 0.1) is 0 Å².